The Labute approximate surface area is 156 Å². The van der Waals surface area contributed by atoms with Crippen molar-refractivity contribution in [1.82, 2.24) is 5.32 Å². The van der Waals surface area contributed by atoms with Gasteiger partial charge < -0.3 is 14.2 Å². The summed E-state index contributed by atoms with van der Waals surface area (Å²) in [5.41, 5.74) is 1.14. The Morgan fingerprint density at radius 3 is 2.67 bits per heavy atom. The van der Waals surface area contributed by atoms with Crippen LogP contribution in [0.2, 0.25) is 0 Å². The number of imide groups is 1. The van der Waals surface area contributed by atoms with Crippen molar-refractivity contribution in [3.63, 3.8) is 0 Å². The molecule has 1 aliphatic rings. The zero-order chi connectivity index (χ0) is 19.2. The van der Waals surface area contributed by atoms with Crippen LogP contribution in [0.25, 0.3) is 0 Å². The van der Waals surface area contributed by atoms with E-state index in [0.29, 0.717) is 12.2 Å². The van der Waals surface area contributed by atoms with E-state index in [0.717, 1.165) is 11.3 Å². The molecule has 2 aromatic rings. The number of carbonyl (C=O) groups excluding carboxylic acids is 3. The summed E-state index contributed by atoms with van der Waals surface area (Å²) in [6, 6.07) is 14.0. The standard InChI is InChI=1S/C20H19NO6/c1-25-17-9-5-3-7-15(17)19(23)21-18(22)12-27-20(24)14-10-13-6-2-4-8-16(13)26-11-14/h2-9,14H,10-12H2,1H3,(H,21,22,23)/t14-/m0/s1. The summed E-state index contributed by atoms with van der Waals surface area (Å²) < 4.78 is 15.7. The lowest BCUT2D eigenvalue weighted by molar-refractivity contribution is -0.153. The van der Waals surface area contributed by atoms with E-state index in [1.165, 1.54) is 13.2 Å². The molecule has 1 aliphatic heterocycles. The zero-order valence-corrected chi connectivity index (χ0v) is 14.8. The molecule has 0 bridgehead atoms. The largest absolute Gasteiger partial charge is 0.496 e. The number of rotatable bonds is 5. The molecule has 0 saturated heterocycles. The number of carbonyl (C=O) groups is 3. The molecule has 7 heteroatoms. The van der Waals surface area contributed by atoms with Crippen LogP contribution in [0.1, 0.15) is 15.9 Å². The Morgan fingerprint density at radius 2 is 1.85 bits per heavy atom. The predicted octanol–water partition coefficient (Wildman–Crippen LogP) is 1.75. The minimum Gasteiger partial charge on any atom is -0.496 e. The van der Waals surface area contributed by atoms with Crippen LogP contribution in [0.15, 0.2) is 48.5 Å². The van der Waals surface area contributed by atoms with Crippen LogP contribution in [0.5, 0.6) is 11.5 Å². The fourth-order valence-electron chi connectivity index (χ4n) is 2.80. The third kappa shape index (κ3) is 4.44. The normalized spacial score (nSPS) is 15.1. The van der Waals surface area contributed by atoms with E-state index in [1.807, 2.05) is 24.3 Å². The first-order chi connectivity index (χ1) is 13.1. The number of hydrogen-bond donors (Lipinski definition) is 1. The molecule has 0 spiro atoms. The molecule has 0 saturated carbocycles. The Bertz CT molecular complexity index is 863. The molecule has 3 rings (SSSR count). The van der Waals surface area contributed by atoms with Gasteiger partial charge in [0.2, 0.25) is 0 Å². The topological polar surface area (TPSA) is 90.9 Å². The second-order valence-electron chi connectivity index (χ2n) is 6.01. The summed E-state index contributed by atoms with van der Waals surface area (Å²) in [6.45, 7) is -0.352. The maximum Gasteiger partial charge on any atom is 0.313 e. The van der Waals surface area contributed by atoms with Crippen molar-refractivity contribution >= 4 is 17.8 Å². The predicted molar refractivity (Wildman–Crippen MR) is 95.6 cm³/mol. The van der Waals surface area contributed by atoms with Gasteiger partial charge in [-0.2, -0.15) is 0 Å². The third-order valence-electron chi connectivity index (χ3n) is 4.16. The summed E-state index contributed by atoms with van der Waals surface area (Å²) in [5.74, 6) is -1.26. The molecule has 1 atom stereocenters. The monoisotopic (exact) mass is 369 g/mol. The summed E-state index contributed by atoms with van der Waals surface area (Å²) in [6.07, 6.45) is 0.483. The molecular formula is C20H19NO6. The molecular weight excluding hydrogens is 350 g/mol. The highest BCUT2D eigenvalue weighted by atomic mass is 16.5. The maximum absolute atomic E-state index is 12.2. The highest BCUT2D eigenvalue weighted by Crippen LogP contribution is 2.27. The average Bonchev–Trinajstić information content (AvgIpc) is 2.71. The Balaban J connectivity index is 1.50. The first kappa shape index (κ1) is 18.4. The second kappa shape index (κ2) is 8.35. The van der Waals surface area contributed by atoms with Gasteiger partial charge in [-0.25, -0.2) is 0 Å². The van der Waals surface area contributed by atoms with Crippen LogP contribution in [-0.2, 0) is 20.7 Å². The van der Waals surface area contributed by atoms with E-state index in [4.69, 9.17) is 14.2 Å². The van der Waals surface area contributed by atoms with Crippen molar-refractivity contribution in [3.8, 4) is 11.5 Å². The molecule has 1 heterocycles. The van der Waals surface area contributed by atoms with Crippen molar-refractivity contribution in [2.45, 2.75) is 6.42 Å². The van der Waals surface area contributed by atoms with Gasteiger partial charge in [-0.3, -0.25) is 19.7 Å². The molecule has 7 nitrogen and oxygen atoms in total. The van der Waals surface area contributed by atoms with Crippen LogP contribution in [0.4, 0.5) is 0 Å². The molecule has 1 N–H and O–H groups in total. The lowest BCUT2D eigenvalue weighted by Crippen LogP contribution is -2.36. The average molecular weight is 369 g/mol. The molecule has 2 aromatic carbocycles. The summed E-state index contributed by atoms with van der Waals surface area (Å²) >= 11 is 0. The van der Waals surface area contributed by atoms with E-state index in [9.17, 15) is 14.4 Å². The van der Waals surface area contributed by atoms with Gasteiger partial charge in [-0.1, -0.05) is 30.3 Å². The fourth-order valence-corrected chi connectivity index (χ4v) is 2.80. The summed E-state index contributed by atoms with van der Waals surface area (Å²) in [7, 11) is 1.43. The molecule has 27 heavy (non-hydrogen) atoms. The summed E-state index contributed by atoms with van der Waals surface area (Å²) in [4.78, 5) is 36.3. The van der Waals surface area contributed by atoms with Crippen molar-refractivity contribution in [1.29, 1.82) is 0 Å². The van der Waals surface area contributed by atoms with Gasteiger partial charge in [0.1, 0.15) is 18.1 Å². The van der Waals surface area contributed by atoms with E-state index in [2.05, 4.69) is 5.32 Å². The maximum atomic E-state index is 12.2. The van der Waals surface area contributed by atoms with Gasteiger partial charge in [-0.05, 0) is 30.2 Å². The van der Waals surface area contributed by atoms with E-state index >= 15 is 0 Å². The van der Waals surface area contributed by atoms with Crippen LogP contribution >= 0.6 is 0 Å². The minimum absolute atomic E-state index is 0.192. The molecule has 140 valence electrons. The SMILES string of the molecule is COc1ccccc1C(=O)NC(=O)COC(=O)[C@@H]1COc2ccccc2C1. The number of fused-ring (bicyclic) bond motifs is 1. The highest BCUT2D eigenvalue weighted by Gasteiger charge is 2.27. The number of para-hydroxylation sites is 2. The lowest BCUT2D eigenvalue weighted by Gasteiger charge is -2.23. The fraction of sp³-hybridized carbons (Fsp3) is 0.250. The van der Waals surface area contributed by atoms with Crippen LogP contribution < -0.4 is 14.8 Å². The smallest absolute Gasteiger partial charge is 0.313 e. The number of nitrogens with one attached hydrogen (secondary N) is 1. The lowest BCUT2D eigenvalue weighted by atomic mass is 9.97. The Morgan fingerprint density at radius 1 is 1.11 bits per heavy atom. The van der Waals surface area contributed by atoms with Gasteiger partial charge in [0.15, 0.2) is 6.61 Å². The van der Waals surface area contributed by atoms with Crippen molar-refractivity contribution in [3.05, 3.63) is 59.7 Å². The molecule has 0 unspecified atom stereocenters. The van der Waals surface area contributed by atoms with Gasteiger partial charge in [0, 0.05) is 0 Å². The van der Waals surface area contributed by atoms with E-state index in [-0.39, 0.29) is 12.2 Å². The van der Waals surface area contributed by atoms with Crippen LogP contribution in [-0.4, -0.2) is 38.1 Å². The van der Waals surface area contributed by atoms with E-state index in [1.54, 1.807) is 18.2 Å². The van der Waals surface area contributed by atoms with Crippen molar-refractivity contribution < 1.29 is 28.6 Å². The molecule has 0 aliphatic carbocycles. The number of benzene rings is 2. The Hall–Kier alpha value is -3.35. The molecule has 2 amide bonds. The number of amides is 2. The van der Waals surface area contributed by atoms with Crippen molar-refractivity contribution in [2.24, 2.45) is 5.92 Å². The first-order valence-electron chi connectivity index (χ1n) is 8.43. The number of hydrogen-bond acceptors (Lipinski definition) is 6. The number of esters is 1. The van der Waals surface area contributed by atoms with Crippen molar-refractivity contribution in [2.75, 3.05) is 20.3 Å². The zero-order valence-electron chi connectivity index (χ0n) is 14.8. The molecule has 0 radical (unpaired) electrons. The van der Waals surface area contributed by atoms with Gasteiger partial charge in [-0.15, -0.1) is 0 Å². The first-order valence-corrected chi connectivity index (χ1v) is 8.43. The van der Waals surface area contributed by atoms with Gasteiger partial charge in [0.05, 0.1) is 18.6 Å². The van der Waals surface area contributed by atoms with Gasteiger partial charge >= 0.3 is 5.97 Å². The van der Waals surface area contributed by atoms with Crippen LogP contribution in [0.3, 0.4) is 0 Å². The second-order valence-corrected chi connectivity index (χ2v) is 6.01. The quantitative estimate of drug-likeness (QED) is 0.808. The minimum atomic E-state index is -0.712. The van der Waals surface area contributed by atoms with E-state index < -0.39 is 30.3 Å². The number of methoxy groups -OCH3 is 1. The Kier molecular flexibility index (Phi) is 5.71. The highest BCUT2D eigenvalue weighted by molar-refractivity contribution is 6.06. The molecule has 0 aromatic heterocycles. The molecule has 0 fully saturated rings. The third-order valence-corrected chi connectivity index (χ3v) is 4.16. The van der Waals surface area contributed by atoms with Crippen LogP contribution in [0, 0.1) is 5.92 Å². The summed E-state index contributed by atoms with van der Waals surface area (Å²) in [5, 5.41) is 2.18. The van der Waals surface area contributed by atoms with Gasteiger partial charge in [0.25, 0.3) is 11.8 Å². The number of ether oxygens (including phenoxy) is 3.